The standard InChI is InChI=1S/C9H12O/c1-4-7-8(5-2)9(10)6-3/h4-6,10H,1-3,7H2/b9-8-. The van der Waals surface area contributed by atoms with E-state index in [-0.39, 0.29) is 5.76 Å². The summed E-state index contributed by atoms with van der Waals surface area (Å²) in [6.07, 6.45) is 5.32. The first-order chi connectivity index (χ1) is 4.76. The van der Waals surface area contributed by atoms with Crippen LogP contribution in [0.4, 0.5) is 0 Å². The summed E-state index contributed by atoms with van der Waals surface area (Å²) in [7, 11) is 0. The zero-order valence-corrected chi connectivity index (χ0v) is 6.01. The Hall–Kier alpha value is -1.24. The van der Waals surface area contributed by atoms with Crippen molar-refractivity contribution in [1.29, 1.82) is 0 Å². The zero-order chi connectivity index (χ0) is 7.98. The molecule has 1 N–H and O–H groups in total. The molecule has 0 amide bonds. The minimum Gasteiger partial charge on any atom is -0.508 e. The molecular weight excluding hydrogens is 124 g/mol. The number of hydrogen-bond acceptors (Lipinski definition) is 1. The molecule has 0 saturated carbocycles. The molecule has 1 nitrogen and oxygen atoms in total. The van der Waals surface area contributed by atoms with Crippen LogP contribution in [0.1, 0.15) is 6.42 Å². The fourth-order valence-electron chi connectivity index (χ4n) is 0.579. The van der Waals surface area contributed by atoms with Crippen molar-refractivity contribution in [3.63, 3.8) is 0 Å². The predicted octanol–water partition coefficient (Wildman–Crippen LogP) is 2.75. The van der Waals surface area contributed by atoms with Gasteiger partial charge >= 0.3 is 0 Å². The quantitative estimate of drug-likeness (QED) is 0.358. The van der Waals surface area contributed by atoms with Crippen molar-refractivity contribution in [2.24, 2.45) is 0 Å². The third kappa shape index (κ3) is 2.35. The molecule has 0 rings (SSSR count). The molecule has 0 aromatic carbocycles. The summed E-state index contributed by atoms with van der Waals surface area (Å²) in [5.74, 6) is 0.176. The second kappa shape index (κ2) is 4.62. The van der Waals surface area contributed by atoms with Crippen LogP contribution in [0.2, 0.25) is 0 Å². The fourth-order valence-corrected chi connectivity index (χ4v) is 0.579. The Labute approximate surface area is 61.7 Å². The second-order valence-electron chi connectivity index (χ2n) is 1.81. The van der Waals surface area contributed by atoms with Crippen molar-refractivity contribution in [2.75, 3.05) is 0 Å². The van der Waals surface area contributed by atoms with Crippen molar-refractivity contribution < 1.29 is 5.11 Å². The van der Waals surface area contributed by atoms with E-state index in [4.69, 9.17) is 5.11 Å². The average Bonchev–Trinajstić information content (AvgIpc) is 1.99. The number of aliphatic hydroxyl groups excluding tert-OH is 1. The van der Waals surface area contributed by atoms with E-state index in [2.05, 4.69) is 19.7 Å². The number of allylic oxidation sites excluding steroid dienone is 4. The summed E-state index contributed by atoms with van der Waals surface area (Å²) in [5, 5.41) is 9.09. The van der Waals surface area contributed by atoms with Crippen LogP contribution < -0.4 is 0 Å². The van der Waals surface area contributed by atoms with Gasteiger partial charge in [0.05, 0.1) is 0 Å². The number of hydrogen-bond donors (Lipinski definition) is 1. The first-order valence-corrected chi connectivity index (χ1v) is 3.04. The van der Waals surface area contributed by atoms with Crippen LogP contribution in [-0.4, -0.2) is 5.11 Å². The van der Waals surface area contributed by atoms with Crippen molar-refractivity contribution >= 4 is 0 Å². The summed E-state index contributed by atoms with van der Waals surface area (Å²) in [6.45, 7) is 10.5. The highest BCUT2D eigenvalue weighted by atomic mass is 16.3. The average molecular weight is 136 g/mol. The molecule has 54 valence electrons. The Kier molecular flexibility index (Phi) is 4.05. The van der Waals surface area contributed by atoms with E-state index in [9.17, 15) is 0 Å². The summed E-state index contributed by atoms with van der Waals surface area (Å²) in [4.78, 5) is 0. The van der Waals surface area contributed by atoms with Gasteiger partial charge in [-0.05, 0) is 18.1 Å². The van der Waals surface area contributed by atoms with Crippen LogP contribution in [0.3, 0.4) is 0 Å². The zero-order valence-electron chi connectivity index (χ0n) is 6.01. The van der Waals surface area contributed by atoms with Gasteiger partial charge in [-0.2, -0.15) is 0 Å². The van der Waals surface area contributed by atoms with Crippen LogP contribution in [0.25, 0.3) is 0 Å². The summed E-state index contributed by atoms with van der Waals surface area (Å²) < 4.78 is 0. The third-order valence-corrected chi connectivity index (χ3v) is 1.13. The van der Waals surface area contributed by atoms with Gasteiger partial charge in [-0.1, -0.05) is 25.3 Å². The maximum absolute atomic E-state index is 9.09. The topological polar surface area (TPSA) is 20.2 Å². The lowest BCUT2D eigenvalue weighted by molar-refractivity contribution is 0.426. The van der Waals surface area contributed by atoms with Gasteiger partial charge in [0.2, 0.25) is 0 Å². The molecule has 0 aromatic heterocycles. The van der Waals surface area contributed by atoms with Gasteiger partial charge in [-0.3, -0.25) is 0 Å². The molecule has 0 heterocycles. The van der Waals surface area contributed by atoms with E-state index in [1.807, 2.05) is 0 Å². The maximum Gasteiger partial charge on any atom is 0.118 e. The van der Waals surface area contributed by atoms with Gasteiger partial charge in [-0.25, -0.2) is 0 Å². The Morgan fingerprint density at radius 1 is 1.20 bits per heavy atom. The largest absolute Gasteiger partial charge is 0.508 e. The van der Waals surface area contributed by atoms with E-state index in [0.29, 0.717) is 6.42 Å². The molecular formula is C9H12O. The Bertz CT molecular complexity index is 175. The molecule has 0 aliphatic carbocycles. The molecule has 1 heteroatoms. The van der Waals surface area contributed by atoms with E-state index >= 15 is 0 Å². The van der Waals surface area contributed by atoms with E-state index in [1.165, 1.54) is 6.08 Å². The molecule has 0 fully saturated rings. The Balaban J connectivity index is 4.42. The molecule has 0 saturated heterocycles. The molecule has 0 spiro atoms. The van der Waals surface area contributed by atoms with Crippen molar-refractivity contribution in [3.05, 3.63) is 49.3 Å². The van der Waals surface area contributed by atoms with E-state index in [1.54, 1.807) is 12.2 Å². The molecule has 10 heavy (non-hydrogen) atoms. The van der Waals surface area contributed by atoms with Crippen LogP contribution in [0.15, 0.2) is 49.3 Å². The highest BCUT2D eigenvalue weighted by Gasteiger charge is 1.93. The maximum atomic E-state index is 9.09. The minimum absolute atomic E-state index is 0.176. The van der Waals surface area contributed by atoms with Crippen LogP contribution in [0.5, 0.6) is 0 Å². The number of aliphatic hydroxyl groups is 1. The summed E-state index contributed by atoms with van der Waals surface area (Å²) in [5.41, 5.74) is 0.755. The first kappa shape index (κ1) is 8.76. The van der Waals surface area contributed by atoms with Gasteiger partial charge in [0.15, 0.2) is 0 Å². The van der Waals surface area contributed by atoms with Gasteiger partial charge in [0.1, 0.15) is 5.76 Å². The minimum atomic E-state index is 0.176. The summed E-state index contributed by atoms with van der Waals surface area (Å²) >= 11 is 0. The molecule has 0 unspecified atom stereocenters. The molecule has 0 aliphatic rings. The smallest absolute Gasteiger partial charge is 0.118 e. The Morgan fingerprint density at radius 2 is 1.80 bits per heavy atom. The predicted molar refractivity (Wildman–Crippen MR) is 44.9 cm³/mol. The summed E-state index contributed by atoms with van der Waals surface area (Å²) in [6, 6.07) is 0. The second-order valence-corrected chi connectivity index (χ2v) is 1.81. The molecule has 0 radical (unpaired) electrons. The molecule has 0 aromatic rings. The van der Waals surface area contributed by atoms with Gasteiger partial charge < -0.3 is 5.11 Å². The molecule has 0 aliphatic heterocycles. The monoisotopic (exact) mass is 136 g/mol. The Morgan fingerprint density at radius 3 is 2.10 bits per heavy atom. The fraction of sp³-hybridized carbons (Fsp3) is 0.111. The highest BCUT2D eigenvalue weighted by molar-refractivity contribution is 5.27. The van der Waals surface area contributed by atoms with Crippen molar-refractivity contribution in [3.8, 4) is 0 Å². The van der Waals surface area contributed by atoms with E-state index in [0.717, 1.165) is 5.57 Å². The lowest BCUT2D eigenvalue weighted by Gasteiger charge is -1.97. The SMILES string of the molecule is C=CC/C(C=C)=C(\O)C=C. The molecule has 0 bridgehead atoms. The van der Waals surface area contributed by atoms with Crippen molar-refractivity contribution in [2.45, 2.75) is 6.42 Å². The highest BCUT2D eigenvalue weighted by Crippen LogP contribution is 2.08. The third-order valence-electron chi connectivity index (χ3n) is 1.13. The van der Waals surface area contributed by atoms with Gasteiger partial charge in [-0.15, -0.1) is 6.58 Å². The van der Waals surface area contributed by atoms with Crippen LogP contribution in [-0.2, 0) is 0 Å². The van der Waals surface area contributed by atoms with E-state index < -0.39 is 0 Å². The normalized spacial score (nSPS) is 11.6. The first-order valence-electron chi connectivity index (χ1n) is 3.04. The van der Waals surface area contributed by atoms with Gasteiger partial charge in [0.25, 0.3) is 0 Å². The molecule has 0 atom stereocenters. The lowest BCUT2D eigenvalue weighted by atomic mass is 10.1. The van der Waals surface area contributed by atoms with Crippen LogP contribution in [0, 0.1) is 0 Å². The lowest BCUT2D eigenvalue weighted by Crippen LogP contribution is -1.82. The van der Waals surface area contributed by atoms with Crippen molar-refractivity contribution in [1.82, 2.24) is 0 Å². The van der Waals surface area contributed by atoms with Crippen LogP contribution >= 0.6 is 0 Å². The van der Waals surface area contributed by atoms with Gasteiger partial charge in [0, 0.05) is 0 Å². The number of rotatable bonds is 4.